The number of nitrogens with two attached hydrogens (primary N) is 1. The van der Waals surface area contributed by atoms with Gasteiger partial charge in [-0.3, -0.25) is 0 Å². The first-order valence-corrected chi connectivity index (χ1v) is 7.98. The first-order valence-electron chi connectivity index (χ1n) is 6.26. The molecule has 1 aliphatic rings. The van der Waals surface area contributed by atoms with Crippen LogP contribution >= 0.6 is 0 Å². The molecule has 1 atom stereocenters. The van der Waals surface area contributed by atoms with E-state index in [1.54, 1.807) is 0 Å². The van der Waals surface area contributed by atoms with Crippen LogP contribution in [0.5, 0.6) is 0 Å². The maximum Gasteiger partial charge on any atom is 0.210 e. The van der Waals surface area contributed by atoms with Crippen molar-refractivity contribution in [1.29, 1.82) is 0 Å². The predicted octanol–water partition coefficient (Wildman–Crippen LogP) is 1.32. The Morgan fingerprint density at radius 1 is 1.33 bits per heavy atom. The SMILES string of the molecule is Cc1ccc(C(NCCS(N)(=O)=O)C2CC2)cc1. The summed E-state index contributed by atoms with van der Waals surface area (Å²) in [5, 5.41) is 8.32. The first kappa shape index (κ1) is 13.5. The van der Waals surface area contributed by atoms with E-state index >= 15 is 0 Å². The van der Waals surface area contributed by atoms with Gasteiger partial charge < -0.3 is 5.32 Å². The Labute approximate surface area is 109 Å². The fourth-order valence-electron chi connectivity index (χ4n) is 2.12. The topological polar surface area (TPSA) is 72.2 Å². The van der Waals surface area contributed by atoms with Crippen LogP contribution in [0.15, 0.2) is 24.3 Å². The third-order valence-electron chi connectivity index (χ3n) is 3.28. The van der Waals surface area contributed by atoms with Gasteiger partial charge in [0, 0.05) is 12.6 Å². The van der Waals surface area contributed by atoms with E-state index in [4.69, 9.17) is 5.14 Å². The molecule has 0 heterocycles. The highest BCUT2D eigenvalue weighted by molar-refractivity contribution is 7.89. The minimum atomic E-state index is -3.38. The molecule has 0 spiro atoms. The van der Waals surface area contributed by atoms with E-state index in [0.717, 1.165) is 0 Å². The lowest BCUT2D eigenvalue weighted by Gasteiger charge is -2.18. The molecule has 1 fully saturated rings. The van der Waals surface area contributed by atoms with Gasteiger partial charge in [0.1, 0.15) is 0 Å². The Bertz CT molecular complexity index is 492. The summed E-state index contributed by atoms with van der Waals surface area (Å²) >= 11 is 0. The van der Waals surface area contributed by atoms with E-state index in [1.807, 2.05) is 0 Å². The average molecular weight is 268 g/mol. The second kappa shape index (κ2) is 5.38. The molecule has 1 aromatic carbocycles. The summed E-state index contributed by atoms with van der Waals surface area (Å²) in [6, 6.07) is 8.66. The lowest BCUT2D eigenvalue weighted by molar-refractivity contribution is 0.494. The third kappa shape index (κ3) is 4.08. The van der Waals surface area contributed by atoms with Crippen LogP contribution in [0.4, 0.5) is 0 Å². The number of nitrogens with one attached hydrogen (secondary N) is 1. The number of sulfonamides is 1. The van der Waals surface area contributed by atoms with Gasteiger partial charge in [-0.2, -0.15) is 0 Å². The second-order valence-corrected chi connectivity index (χ2v) is 6.78. The fourth-order valence-corrected chi connectivity index (χ4v) is 2.52. The smallest absolute Gasteiger partial charge is 0.210 e. The van der Waals surface area contributed by atoms with Crippen molar-refractivity contribution < 1.29 is 8.42 Å². The third-order valence-corrected chi connectivity index (χ3v) is 4.05. The zero-order chi connectivity index (χ0) is 13.2. The minimum absolute atomic E-state index is 0.0118. The van der Waals surface area contributed by atoms with Crippen LogP contribution in [0.25, 0.3) is 0 Å². The van der Waals surface area contributed by atoms with Crippen LogP contribution in [0.2, 0.25) is 0 Å². The van der Waals surface area contributed by atoms with Crippen molar-refractivity contribution in [3.63, 3.8) is 0 Å². The van der Waals surface area contributed by atoms with Crippen LogP contribution < -0.4 is 10.5 Å². The summed E-state index contributed by atoms with van der Waals surface area (Å²) in [7, 11) is -3.38. The molecule has 4 nitrogen and oxygen atoms in total. The first-order chi connectivity index (χ1) is 8.46. The molecule has 1 unspecified atom stereocenters. The highest BCUT2D eigenvalue weighted by atomic mass is 32.2. The molecule has 1 saturated carbocycles. The largest absolute Gasteiger partial charge is 0.309 e. The monoisotopic (exact) mass is 268 g/mol. The zero-order valence-electron chi connectivity index (χ0n) is 10.6. The highest BCUT2D eigenvalue weighted by Crippen LogP contribution is 2.40. The molecule has 0 aromatic heterocycles. The molecule has 3 N–H and O–H groups in total. The lowest BCUT2D eigenvalue weighted by Crippen LogP contribution is -2.31. The molecule has 0 aliphatic heterocycles. The van der Waals surface area contributed by atoms with E-state index < -0.39 is 10.0 Å². The summed E-state index contributed by atoms with van der Waals surface area (Å²) in [5.41, 5.74) is 2.47. The van der Waals surface area contributed by atoms with E-state index in [0.29, 0.717) is 12.5 Å². The van der Waals surface area contributed by atoms with Gasteiger partial charge in [0.25, 0.3) is 0 Å². The van der Waals surface area contributed by atoms with Crippen molar-refractivity contribution in [2.75, 3.05) is 12.3 Å². The van der Waals surface area contributed by atoms with Crippen molar-refractivity contribution in [1.82, 2.24) is 5.32 Å². The van der Waals surface area contributed by atoms with E-state index in [1.165, 1.54) is 24.0 Å². The van der Waals surface area contributed by atoms with Crippen LogP contribution in [0.1, 0.15) is 30.0 Å². The lowest BCUT2D eigenvalue weighted by atomic mass is 10.0. The molecule has 1 aliphatic carbocycles. The Balaban J connectivity index is 1.98. The van der Waals surface area contributed by atoms with Crippen molar-refractivity contribution in [3.05, 3.63) is 35.4 Å². The molecule has 2 rings (SSSR count). The van der Waals surface area contributed by atoms with Crippen LogP contribution in [-0.4, -0.2) is 20.7 Å². The van der Waals surface area contributed by atoms with Gasteiger partial charge >= 0.3 is 0 Å². The summed E-state index contributed by atoms with van der Waals surface area (Å²) in [6.45, 7) is 2.47. The average Bonchev–Trinajstić information content (AvgIpc) is 3.08. The van der Waals surface area contributed by atoms with Crippen LogP contribution in [-0.2, 0) is 10.0 Å². The van der Waals surface area contributed by atoms with Crippen LogP contribution in [0.3, 0.4) is 0 Å². The molecule has 5 heteroatoms. The van der Waals surface area contributed by atoms with Crippen molar-refractivity contribution in [2.24, 2.45) is 11.1 Å². The Hall–Kier alpha value is -0.910. The number of hydrogen-bond acceptors (Lipinski definition) is 3. The maximum atomic E-state index is 10.9. The molecular weight excluding hydrogens is 248 g/mol. The van der Waals surface area contributed by atoms with Gasteiger partial charge in [-0.15, -0.1) is 0 Å². The quantitative estimate of drug-likeness (QED) is 0.817. The minimum Gasteiger partial charge on any atom is -0.309 e. The normalized spacial score (nSPS) is 17.7. The fraction of sp³-hybridized carbons (Fsp3) is 0.538. The molecule has 100 valence electrons. The highest BCUT2D eigenvalue weighted by Gasteiger charge is 2.31. The van der Waals surface area contributed by atoms with Crippen LogP contribution in [0, 0.1) is 12.8 Å². The summed E-state index contributed by atoms with van der Waals surface area (Å²) < 4.78 is 21.8. The predicted molar refractivity (Wildman–Crippen MR) is 72.6 cm³/mol. The molecule has 1 aromatic rings. The van der Waals surface area contributed by atoms with Gasteiger partial charge in [0.15, 0.2) is 0 Å². The Kier molecular flexibility index (Phi) is 4.04. The Morgan fingerprint density at radius 3 is 2.44 bits per heavy atom. The van der Waals surface area contributed by atoms with Gasteiger partial charge in [0.05, 0.1) is 5.75 Å². The summed E-state index contributed by atoms with van der Waals surface area (Å²) in [5.74, 6) is 0.621. The summed E-state index contributed by atoms with van der Waals surface area (Å²) in [4.78, 5) is 0. The number of primary sulfonamides is 1. The molecule has 0 radical (unpaired) electrons. The standard InChI is InChI=1S/C13H20N2O2S/c1-10-2-4-11(5-3-10)13(12-6-7-12)15-8-9-18(14,16)17/h2-5,12-13,15H,6-9H2,1H3,(H2,14,16,17). The van der Waals surface area contributed by atoms with E-state index in [2.05, 4.69) is 36.5 Å². The van der Waals surface area contributed by atoms with Gasteiger partial charge in [-0.25, -0.2) is 13.6 Å². The molecule has 0 amide bonds. The second-order valence-electron chi connectivity index (χ2n) is 5.05. The number of benzene rings is 1. The molecule has 0 saturated heterocycles. The zero-order valence-corrected chi connectivity index (χ0v) is 11.4. The molecule has 0 bridgehead atoms. The summed E-state index contributed by atoms with van der Waals surface area (Å²) in [6.07, 6.45) is 2.42. The number of hydrogen-bond donors (Lipinski definition) is 2. The van der Waals surface area contributed by atoms with Gasteiger partial charge in [0.2, 0.25) is 10.0 Å². The molecular formula is C13H20N2O2S. The number of rotatable bonds is 6. The maximum absolute atomic E-state index is 10.9. The Morgan fingerprint density at radius 2 is 1.94 bits per heavy atom. The van der Waals surface area contributed by atoms with Gasteiger partial charge in [-0.05, 0) is 31.2 Å². The van der Waals surface area contributed by atoms with Crippen molar-refractivity contribution in [3.8, 4) is 0 Å². The van der Waals surface area contributed by atoms with E-state index in [-0.39, 0.29) is 11.8 Å². The van der Waals surface area contributed by atoms with E-state index in [9.17, 15) is 8.42 Å². The van der Waals surface area contributed by atoms with Crippen molar-refractivity contribution >= 4 is 10.0 Å². The number of aryl methyl sites for hydroxylation is 1. The van der Waals surface area contributed by atoms with Gasteiger partial charge in [-0.1, -0.05) is 29.8 Å². The van der Waals surface area contributed by atoms with Crippen molar-refractivity contribution in [2.45, 2.75) is 25.8 Å². The molecule has 18 heavy (non-hydrogen) atoms.